The summed E-state index contributed by atoms with van der Waals surface area (Å²) in [6, 6.07) is 13.1. The molecule has 2 aromatic rings. The quantitative estimate of drug-likeness (QED) is 0.511. The summed E-state index contributed by atoms with van der Waals surface area (Å²) in [7, 11) is -3.50. The topological polar surface area (TPSA) is 87.6 Å². The number of carbonyl (C=O) groups is 1. The number of rotatable bonds is 9. The number of hydrogen-bond donors (Lipinski definition) is 2. The van der Waals surface area contributed by atoms with E-state index in [9.17, 15) is 13.2 Å². The molecule has 0 saturated carbocycles. The molecule has 0 saturated heterocycles. The highest BCUT2D eigenvalue weighted by atomic mass is 32.2. The number of amides is 1. The van der Waals surface area contributed by atoms with Crippen molar-refractivity contribution >= 4 is 27.5 Å². The van der Waals surface area contributed by atoms with Gasteiger partial charge in [0.15, 0.2) is 0 Å². The van der Waals surface area contributed by atoms with Crippen molar-refractivity contribution in [2.75, 3.05) is 11.9 Å². The van der Waals surface area contributed by atoms with E-state index in [2.05, 4.69) is 60.9 Å². The molecule has 0 radical (unpaired) electrons. The fourth-order valence-corrected chi connectivity index (χ4v) is 5.16. The Morgan fingerprint density at radius 2 is 1.59 bits per heavy atom. The molecule has 7 heteroatoms. The molecule has 2 N–H and O–H groups in total. The van der Waals surface area contributed by atoms with E-state index in [1.807, 2.05) is 0 Å². The van der Waals surface area contributed by atoms with Crippen LogP contribution in [0.2, 0.25) is 0 Å². The van der Waals surface area contributed by atoms with Crippen molar-refractivity contribution in [1.29, 1.82) is 0 Å². The van der Waals surface area contributed by atoms with Gasteiger partial charge in [-0.1, -0.05) is 64.4 Å². The van der Waals surface area contributed by atoms with Gasteiger partial charge < -0.3 is 5.32 Å². The molecular weight excluding hydrogens is 422 g/mol. The Labute approximate surface area is 191 Å². The molecule has 32 heavy (non-hydrogen) atoms. The minimum atomic E-state index is -3.50. The fourth-order valence-electron chi connectivity index (χ4n) is 3.91. The van der Waals surface area contributed by atoms with Gasteiger partial charge >= 0.3 is 0 Å². The van der Waals surface area contributed by atoms with Crippen LogP contribution in [0.1, 0.15) is 81.9 Å². The number of nitrogens with one attached hydrogen (secondary N) is 2. The molecule has 1 heterocycles. The van der Waals surface area contributed by atoms with E-state index in [1.165, 1.54) is 11.1 Å². The molecule has 1 aliphatic heterocycles. The van der Waals surface area contributed by atoms with E-state index < -0.39 is 10.0 Å². The summed E-state index contributed by atoms with van der Waals surface area (Å²) in [6.07, 6.45) is 2.86. The Morgan fingerprint density at radius 3 is 2.25 bits per heavy atom. The largest absolute Gasteiger partial charge is 0.326 e. The van der Waals surface area contributed by atoms with Crippen LogP contribution < -0.4 is 10.0 Å². The molecule has 6 nitrogen and oxygen atoms in total. The minimum absolute atomic E-state index is 0.0313. The van der Waals surface area contributed by atoms with Crippen LogP contribution in [-0.4, -0.2) is 26.7 Å². The molecule has 0 unspecified atom stereocenters. The Morgan fingerprint density at radius 1 is 0.938 bits per heavy atom. The SMILES string of the molecule is CC(C)c1cccc(C(C)C)c1NC(=O)CCCCCN=C1NS(=O)(=O)c2ccccc21. The number of unbranched alkanes of at least 4 members (excludes halogenated alkanes) is 2. The van der Waals surface area contributed by atoms with E-state index in [0.717, 1.165) is 24.9 Å². The highest BCUT2D eigenvalue weighted by molar-refractivity contribution is 7.90. The average Bonchev–Trinajstić information content (AvgIpc) is 3.00. The molecule has 2 aromatic carbocycles. The summed E-state index contributed by atoms with van der Waals surface area (Å²) in [5.74, 6) is 1.11. The van der Waals surface area contributed by atoms with Crippen LogP contribution in [0.5, 0.6) is 0 Å². The van der Waals surface area contributed by atoms with Crippen LogP contribution in [0.15, 0.2) is 52.4 Å². The van der Waals surface area contributed by atoms with Crippen molar-refractivity contribution in [3.05, 3.63) is 59.2 Å². The Balaban J connectivity index is 1.50. The number of fused-ring (bicyclic) bond motifs is 1. The third-order valence-electron chi connectivity index (χ3n) is 5.63. The molecule has 172 valence electrons. The van der Waals surface area contributed by atoms with Crippen LogP contribution in [-0.2, 0) is 14.8 Å². The van der Waals surface area contributed by atoms with Gasteiger partial charge in [-0.2, -0.15) is 0 Å². The lowest BCUT2D eigenvalue weighted by Gasteiger charge is -2.20. The van der Waals surface area contributed by atoms with E-state index in [1.54, 1.807) is 24.3 Å². The zero-order valence-corrected chi connectivity index (χ0v) is 20.1. The molecule has 0 aromatic heterocycles. The molecule has 0 atom stereocenters. The van der Waals surface area contributed by atoms with Gasteiger partial charge in [0, 0.05) is 24.2 Å². The summed E-state index contributed by atoms with van der Waals surface area (Å²) in [5, 5.41) is 3.15. The lowest BCUT2D eigenvalue weighted by Crippen LogP contribution is -2.22. The maximum Gasteiger partial charge on any atom is 0.263 e. The Hall–Kier alpha value is -2.67. The first kappa shape index (κ1) is 24.0. The maximum atomic E-state index is 12.6. The summed E-state index contributed by atoms with van der Waals surface area (Å²) in [5.41, 5.74) is 3.91. The predicted molar refractivity (Wildman–Crippen MR) is 130 cm³/mol. The zero-order valence-electron chi connectivity index (χ0n) is 19.3. The summed E-state index contributed by atoms with van der Waals surface area (Å²) < 4.78 is 26.8. The minimum Gasteiger partial charge on any atom is -0.326 e. The van der Waals surface area contributed by atoms with Crippen LogP contribution in [0, 0.1) is 0 Å². The number of para-hydroxylation sites is 1. The van der Waals surface area contributed by atoms with Gasteiger partial charge in [-0.25, -0.2) is 8.42 Å². The maximum absolute atomic E-state index is 12.6. The third-order valence-corrected chi connectivity index (χ3v) is 7.03. The first-order valence-electron chi connectivity index (χ1n) is 11.3. The first-order valence-corrected chi connectivity index (χ1v) is 12.8. The number of hydrogen-bond acceptors (Lipinski definition) is 4. The van der Waals surface area contributed by atoms with Crippen LogP contribution in [0.4, 0.5) is 5.69 Å². The monoisotopic (exact) mass is 455 g/mol. The van der Waals surface area contributed by atoms with Gasteiger partial charge in [0.05, 0.1) is 4.90 Å². The van der Waals surface area contributed by atoms with Gasteiger partial charge in [-0.05, 0) is 47.9 Å². The van der Waals surface area contributed by atoms with Crippen molar-refractivity contribution in [1.82, 2.24) is 4.72 Å². The van der Waals surface area contributed by atoms with Crippen molar-refractivity contribution in [2.45, 2.75) is 70.1 Å². The second kappa shape index (κ2) is 10.3. The van der Waals surface area contributed by atoms with Crippen molar-refractivity contribution < 1.29 is 13.2 Å². The van der Waals surface area contributed by atoms with Crippen molar-refractivity contribution in [2.24, 2.45) is 4.99 Å². The average molecular weight is 456 g/mol. The second-order valence-electron chi connectivity index (χ2n) is 8.81. The number of anilines is 1. The second-order valence-corrected chi connectivity index (χ2v) is 10.5. The molecule has 0 spiro atoms. The van der Waals surface area contributed by atoms with Gasteiger partial charge in [0.25, 0.3) is 10.0 Å². The molecule has 1 aliphatic rings. The smallest absolute Gasteiger partial charge is 0.263 e. The van der Waals surface area contributed by atoms with Crippen LogP contribution >= 0.6 is 0 Å². The normalized spacial score (nSPS) is 15.8. The van der Waals surface area contributed by atoms with Gasteiger partial charge in [0.2, 0.25) is 5.91 Å². The summed E-state index contributed by atoms with van der Waals surface area (Å²) in [4.78, 5) is 17.3. The lowest BCUT2D eigenvalue weighted by molar-refractivity contribution is -0.116. The molecule has 3 rings (SSSR count). The van der Waals surface area contributed by atoms with Gasteiger partial charge in [-0.3, -0.25) is 14.5 Å². The number of nitrogens with zero attached hydrogens (tertiary/aromatic N) is 1. The Kier molecular flexibility index (Phi) is 7.72. The first-order chi connectivity index (χ1) is 15.2. The van der Waals surface area contributed by atoms with Gasteiger partial charge in [0.1, 0.15) is 5.84 Å². The molecule has 0 aliphatic carbocycles. The predicted octanol–water partition coefficient (Wildman–Crippen LogP) is 5.17. The van der Waals surface area contributed by atoms with E-state index in [-0.39, 0.29) is 10.8 Å². The summed E-state index contributed by atoms with van der Waals surface area (Å²) in [6.45, 7) is 9.07. The number of amidine groups is 1. The molecule has 1 amide bonds. The molecule has 0 bridgehead atoms. The van der Waals surface area contributed by atoms with Crippen LogP contribution in [0.3, 0.4) is 0 Å². The fraction of sp³-hybridized carbons (Fsp3) is 0.440. The number of aliphatic imine (C=N–C) groups is 1. The number of sulfonamides is 1. The van der Waals surface area contributed by atoms with Crippen LogP contribution in [0.25, 0.3) is 0 Å². The lowest BCUT2D eigenvalue weighted by atomic mass is 9.92. The highest BCUT2D eigenvalue weighted by Crippen LogP contribution is 2.32. The van der Waals surface area contributed by atoms with E-state index in [0.29, 0.717) is 36.2 Å². The van der Waals surface area contributed by atoms with Crippen molar-refractivity contribution in [3.63, 3.8) is 0 Å². The number of benzene rings is 2. The molecule has 0 fully saturated rings. The van der Waals surface area contributed by atoms with Gasteiger partial charge in [-0.15, -0.1) is 0 Å². The van der Waals surface area contributed by atoms with Crippen molar-refractivity contribution in [3.8, 4) is 0 Å². The van der Waals surface area contributed by atoms with E-state index in [4.69, 9.17) is 0 Å². The standard InChI is InChI=1S/C25H33N3O3S/c1-17(2)19-12-10-13-20(18(3)4)24(19)27-23(29)15-6-5-9-16-26-25-21-11-7-8-14-22(21)32(30,31)28-25/h7-8,10-14,17-18H,5-6,9,15-16H2,1-4H3,(H,26,28)(H,27,29). The third kappa shape index (κ3) is 5.57. The number of carbonyl (C=O) groups excluding carboxylic acids is 1. The molecular formula is C25H33N3O3S. The highest BCUT2D eigenvalue weighted by Gasteiger charge is 2.29. The van der Waals surface area contributed by atoms with E-state index >= 15 is 0 Å². The summed E-state index contributed by atoms with van der Waals surface area (Å²) >= 11 is 0. The zero-order chi connectivity index (χ0) is 23.3. The Bertz CT molecular complexity index is 1080.